The fourth-order valence-electron chi connectivity index (χ4n) is 3.14. The van der Waals surface area contributed by atoms with Crippen molar-refractivity contribution in [2.24, 2.45) is 10.9 Å². The quantitative estimate of drug-likeness (QED) is 0.412. The average Bonchev–Trinajstić information content (AvgIpc) is 3.21. The summed E-state index contributed by atoms with van der Waals surface area (Å²) >= 11 is 0. The third-order valence-corrected chi connectivity index (χ3v) is 4.40. The largest absolute Gasteiger partial charge is 0.381 e. The number of hydrogen-bond acceptors (Lipinski definition) is 6. The fourth-order valence-corrected chi connectivity index (χ4v) is 3.14. The van der Waals surface area contributed by atoms with E-state index in [2.05, 4.69) is 30.2 Å². The minimum Gasteiger partial charge on any atom is -0.381 e. The lowest BCUT2D eigenvalue weighted by molar-refractivity contribution is 0.139. The van der Waals surface area contributed by atoms with E-state index in [0.29, 0.717) is 24.2 Å². The van der Waals surface area contributed by atoms with E-state index in [4.69, 9.17) is 9.26 Å². The van der Waals surface area contributed by atoms with Crippen LogP contribution in [-0.4, -0.2) is 78.9 Å². The average molecular weight is 450 g/mol. The Hall–Kier alpha value is -0.940. The van der Waals surface area contributed by atoms with E-state index in [9.17, 15) is 0 Å². The lowest BCUT2D eigenvalue weighted by atomic mass is 10.1. The van der Waals surface area contributed by atoms with Gasteiger partial charge in [0.2, 0.25) is 5.89 Å². The van der Waals surface area contributed by atoms with Crippen molar-refractivity contribution in [2.45, 2.75) is 19.9 Å². The summed E-state index contributed by atoms with van der Waals surface area (Å²) < 4.78 is 10.4. The second-order valence-electron chi connectivity index (χ2n) is 6.15. The molecule has 136 valence electrons. The van der Waals surface area contributed by atoms with Gasteiger partial charge in [0.15, 0.2) is 11.8 Å². The molecular formula is C15H27IN6O2. The first-order valence-electron chi connectivity index (χ1n) is 8.29. The molecule has 0 amide bonds. The van der Waals surface area contributed by atoms with Crippen LogP contribution in [0.25, 0.3) is 0 Å². The standard InChI is InChI=1S/C15H26N6O2.HI/c1-12-18-14(19-23-12)9-17-15(16-2)21-6-4-20(5-7-21)10-13-3-8-22-11-13;/h13H,3-11H2,1-2H3,(H,16,17);1H. The summed E-state index contributed by atoms with van der Waals surface area (Å²) in [5.74, 6) is 2.85. The normalized spacial score (nSPS) is 22.5. The number of piperazine rings is 1. The van der Waals surface area contributed by atoms with Crippen molar-refractivity contribution in [1.82, 2.24) is 25.3 Å². The van der Waals surface area contributed by atoms with Gasteiger partial charge in [-0.15, -0.1) is 24.0 Å². The molecule has 1 atom stereocenters. The maximum atomic E-state index is 5.47. The number of rotatable bonds is 4. The highest BCUT2D eigenvalue weighted by Gasteiger charge is 2.24. The molecule has 9 heteroatoms. The van der Waals surface area contributed by atoms with Gasteiger partial charge in [-0.1, -0.05) is 5.16 Å². The molecule has 2 saturated heterocycles. The molecule has 2 fully saturated rings. The molecule has 0 bridgehead atoms. The van der Waals surface area contributed by atoms with Crippen molar-refractivity contribution < 1.29 is 9.26 Å². The number of ether oxygens (including phenoxy) is 1. The zero-order valence-electron chi connectivity index (χ0n) is 14.4. The number of aryl methyl sites for hydroxylation is 1. The van der Waals surface area contributed by atoms with E-state index in [1.54, 1.807) is 6.92 Å². The third-order valence-electron chi connectivity index (χ3n) is 4.40. The van der Waals surface area contributed by atoms with Crippen molar-refractivity contribution in [3.8, 4) is 0 Å². The van der Waals surface area contributed by atoms with E-state index in [1.807, 2.05) is 7.05 Å². The van der Waals surface area contributed by atoms with E-state index in [-0.39, 0.29) is 24.0 Å². The maximum Gasteiger partial charge on any atom is 0.223 e. The highest BCUT2D eigenvalue weighted by atomic mass is 127. The van der Waals surface area contributed by atoms with Crippen LogP contribution in [0, 0.1) is 12.8 Å². The molecule has 2 aliphatic heterocycles. The minimum absolute atomic E-state index is 0. The van der Waals surface area contributed by atoms with Gasteiger partial charge in [-0.05, 0) is 12.3 Å². The minimum atomic E-state index is 0. The van der Waals surface area contributed by atoms with Gasteiger partial charge >= 0.3 is 0 Å². The first-order valence-corrected chi connectivity index (χ1v) is 8.29. The van der Waals surface area contributed by atoms with Crippen LogP contribution in [0.1, 0.15) is 18.1 Å². The lowest BCUT2D eigenvalue weighted by Gasteiger charge is -2.37. The van der Waals surface area contributed by atoms with Crippen molar-refractivity contribution in [3.63, 3.8) is 0 Å². The third kappa shape index (κ3) is 5.28. The molecule has 0 aromatic carbocycles. The summed E-state index contributed by atoms with van der Waals surface area (Å²) in [6, 6.07) is 0. The zero-order valence-corrected chi connectivity index (χ0v) is 16.7. The maximum absolute atomic E-state index is 5.47. The summed E-state index contributed by atoms with van der Waals surface area (Å²) in [6.45, 7) is 9.43. The van der Waals surface area contributed by atoms with E-state index >= 15 is 0 Å². The second kappa shape index (κ2) is 9.52. The summed E-state index contributed by atoms with van der Waals surface area (Å²) in [6.07, 6.45) is 1.20. The molecule has 1 aromatic rings. The van der Waals surface area contributed by atoms with Crippen LogP contribution < -0.4 is 5.32 Å². The number of halogens is 1. The SMILES string of the molecule is CN=C(NCc1noc(C)n1)N1CCN(CC2CCOC2)CC1.I. The van der Waals surface area contributed by atoms with Gasteiger partial charge in [-0.2, -0.15) is 4.98 Å². The van der Waals surface area contributed by atoms with Gasteiger partial charge in [0.25, 0.3) is 0 Å². The van der Waals surface area contributed by atoms with Crippen LogP contribution in [0.5, 0.6) is 0 Å². The van der Waals surface area contributed by atoms with Gasteiger partial charge < -0.3 is 19.5 Å². The highest BCUT2D eigenvalue weighted by molar-refractivity contribution is 14.0. The Morgan fingerprint density at radius 3 is 2.71 bits per heavy atom. The molecule has 1 aromatic heterocycles. The Bertz CT molecular complexity index is 524. The molecule has 2 aliphatic rings. The molecule has 0 radical (unpaired) electrons. The van der Waals surface area contributed by atoms with Crippen LogP contribution in [0.15, 0.2) is 9.52 Å². The van der Waals surface area contributed by atoms with Gasteiger partial charge in [0.1, 0.15) is 0 Å². The number of hydrogen-bond donors (Lipinski definition) is 1. The molecule has 24 heavy (non-hydrogen) atoms. The van der Waals surface area contributed by atoms with Crippen molar-refractivity contribution in [2.75, 3.05) is 53.0 Å². The lowest BCUT2D eigenvalue weighted by Crippen LogP contribution is -2.53. The molecule has 3 rings (SSSR count). The molecule has 8 nitrogen and oxygen atoms in total. The first-order chi connectivity index (χ1) is 11.2. The number of guanidine groups is 1. The fraction of sp³-hybridized carbons (Fsp3) is 0.800. The number of aromatic nitrogens is 2. The Morgan fingerprint density at radius 1 is 1.33 bits per heavy atom. The van der Waals surface area contributed by atoms with Crippen molar-refractivity contribution in [1.29, 1.82) is 0 Å². The predicted molar refractivity (Wildman–Crippen MR) is 102 cm³/mol. The number of nitrogens with zero attached hydrogens (tertiary/aromatic N) is 5. The summed E-state index contributed by atoms with van der Waals surface area (Å²) in [7, 11) is 1.81. The monoisotopic (exact) mass is 450 g/mol. The smallest absolute Gasteiger partial charge is 0.223 e. The molecular weight excluding hydrogens is 423 g/mol. The first kappa shape index (κ1) is 19.4. The Balaban J connectivity index is 0.00000208. The van der Waals surface area contributed by atoms with Crippen LogP contribution in [0.2, 0.25) is 0 Å². The molecule has 1 unspecified atom stereocenters. The van der Waals surface area contributed by atoms with E-state index in [1.165, 1.54) is 6.42 Å². The molecule has 3 heterocycles. The van der Waals surface area contributed by atoms with Crippen LogP contribution in [0.3, 0.4) is 0 Å². The topological polar surface area (TPSA) is 79.0 Å². The van der Waals surface area contributed by atoms with Crippen LogP contribution in [-0.2, 0) is 11.3 Å². The predicted octanol–water partition coefficient (Wildman–Crippen LogP) is 0.726. The van der Waals surface area contributed by atoms with Crippen LogP contribution in [0.4, 0.5) is 0 Å². The Kier molecular flexibility index (Phi) is 7.69. The van der Waals surface area contributed by atoms with Crippen molar-refractivity contribution in [3.05, 3.63) is 11.7 Å². The summed E-state index contributed by atoms with van der Waals surface area (Å²) in [4.78, 5) is 13.4. The van der Waals surface area contributed by atoms with Gasteiger partial charge in [0, 0.05) is 53.3 Å². The summed E-state index contributed by atoms with van der Waals surface area (Å²) in [5.41, 5.74) is 0. The molecule has 1 N–H and O–H groups in total. The highest BCUT2D eigenvalue weighted by Crippen LogP contribution is 2.15. The Labute approximate surface area is 160 Å². The molecule has 0 spiro atoms. The molecule has 0 saturated carbocycles. The summed E-state index contributed by atoms with van der Waals surface area (Å²) in [5, 5.41) is 7.20. The van der Waals surface area contributed by atoms with Gasteiger partial charge in [-0.25, -0.2) is 0 Å². The van der Waals surface area contributed by atoms with Gasteiger partial charge in [0.05, 0.1) is 13.2 Å². The van der Waals surface area contributed by atoms with Gasteiger partial charge in [-0.3, -0.25) is 9.89 Å². The zero-order chi connectivity index (χ0) is 16.1. The second-order valence-corrected chi connectivity index (χ2v) is 6.15. The van der Waals surface area contributed by atoms with Crippen LogP contribution >= 0.6 is 24.0 Å². The van der Waals surface area contributed by atoms with E-state index in [0.717, 1.165) is 51.9 Å². The number of aliphatic imine (C=N–C) groups is 1. The van der Waals surface area contributed by atoms with E-state index < -0.39 is 0 Å². The van der Waals surface area contributed by atoms with Crippen molar-refractivity contribution >= 4 is 29.9 Å². The molecule has 0 aliphatic carbocycles. The Morgan fingerprint density at radius 2 is 2.12 bits per heavy atom. The number of nitrogens with one attached hydrogen (secondary N) is 1.